The van der Waals surface area contributed by atoms with Crippen molar-refractivity contribution in [3.05, 3.63) is 56.5 Å². The van der Waals surface area contributed by atoms with Gasteiger partial charge < -0.3 is 11.1 Å². The molecule has 0 heterocycles. The number of hydrogen-bond acceptors (Lipinski definition) is 2. The van der Waals surface area contributed by atoms with E-state index >= 15 is 0 Å². The van der Waals surface area contributed by atoms with Gasteiger partial charge in [0.2, 0.25) is 0 Å². The molecule has 0 saturated heterocycles. The van der Waals surface area contributed by atoms with Gasteiger partial charge in [0.15, 0.2) is 0 Å². The van der Waals surface area contributed by atoms with Gasteiger partial charge >= 0.3 is 0 Å². The average Bonchev–Trinajstić information content (AvgIpc) is 2.36. The average molecular weight is 354 g/mol. The number of carbonyl (C=O) groups is 1. The molecule has 0 saturated carbocycles. The predicted molar refractivity (Wildman–Crippen MR) is 87.4 cm³/mol. The fourth-order valence-corrected chi connectivity index (χ4v) is 2.83. The van der Waals surface area contributed by atoms with Gasteiger partial charge in [-0.2, -0.15) is 0 Å². The normalized spacial score (nSPS) is 10.4. The number of anilines is 2. The highest BCUT2D eigenvalue weighted by Crippen LogP contribution is 2.26. The number of nitrogen functional groups attached to an aromatic ring is 1. The minimum atomic E-state index is -0.208. The Hall–Kier alpha value is -1.52. The Kier molecular flexibility index (Phi) is 4.35. The minimum absolute atomic E-state index is 0.208. The van der Waals surface area contributed by atoms with Crippen LogP contribution in [0.2, 0.25) is 5.02 Å². The molecule has 0 aliphatic rings. The fourth-order valence-electron chi connectivity index (χ4n) is 1.96. The van der Waals surface area contributed by atoms with Crippen LogP contribution in [-0.2, 0) is 0 Å². The maximum atomic E-state index is 12.2. The first-order valence-electron chi connectivity index (χ1n) is 6.01. The second kappa shape index (κ2) is 5.85. The standard InChI is InChI=1S/C15H14BrClN2O/c1-8-5-11(16)6-9(2)14(8)19-15(20)10-3-4-13(18)12(17)7-10/h3-7H,18H2,1-2H3,(H,19,20). The van der Waals surface area contributed by atoms with Crippen molar-refractivity contribution in [3.63, 3.8) is 0 Å². The van der Waals surface area contributed by atoms with Crippen molar-refractivity contribution in [3.8, 4) is 0 Å². The number of hydrogen-bond donors (Lipinski definition) is 2. The molecule has 0 atom stereocenters. The second-order valence-corrected chi connectivity index (χ2v) is 5.93. The second-order valence-electron chi connectivity index (χ2n) is 4.61. The first-order valence-corrected chi connectivity index (χ1v) is 7.18. The molecule has 0 aliphatic carbocycles. The van der Waals surface area contributed by atoms with E-state index < -0.39 is 0 Å². The zero-order valence-electron chi connectivity index (χ0n) is 11.1. The van der Waals surface area contributed by atoms with E-state index in [1.807, 2.05) is 26.0 Å². The summed E-state index contributed by atoms with van der Waals surface area (Å²) in [6.45, 7) is 3.90. The van der Waals surface area contributed by atoms with E-state index in [1.54, 1.807) is 18.2 Å². The van der Waals surface area contributed by atoms with Crippen molar-refractivity contribution in [2.45, 2.75) is 13.8 Å². The Morgan fingerprint density at radius 1 is 1.20 bits per heavy atom. The van der Waals surface area contributed by atoms with E-state index in [-0.39, 0.29) is 5.91 Å². The maximum absolute atomic E-state index is 12.2. The molecule has 0 unspecified atom stereocenters. The summed E-state index contributed by atoms with van der Waals surface area (Å²) in [5.74, 6) is -0.208. The summed E-state index contributed by atoms with van der Waals surface area (Å²) in [7, 11) is 0. The van der Waals surface area contributed by atoms with E-state index in [0.717, 1.165) is 21.3 Å². The van der Waals surface area contributed by atoms with Gasteiger partial charge in [0.05, 0.1) is 10.7 Å². The lowest BCUT2D eigenvalue weighted by atomic mass is 10.1. The summed E-state index contributed by atoms with van der Waals surface area (Å²) in [6.07, 6.45) is 0. The lowest BCUT2D eigenvalue weighted by Gasteiger charge is -2.12. The van der Waals surface area contributed by atoms with E-state index in [4.69, 9.17) is 17.3 Å². The third-order valence-corrected chi connectivity index (χ3v) is 3.78. The molecule has 20 heavy (non-hydrogen) atoms. The molecular formula is C15H14BrClN2O. The van der Waals surface area contributed by atoms with Gasteiger partial charge in [-0.25, -0.2) is 0 Å². The molecule has 2 rings (SSSR count). The van der Waals surface area contributed by atoms with Crippen LogP contribution in [0.5, 0.6) is 0 Å². The van der Waals surface area contributed by atoms with Crippen molar-refractivity contribution < 1.29 is 4.79 Å². The topological polar surface area (TPSA) is 55.1 Å². The highest BCUT2D eigenvalue weighted by Gasteiger charge is 2.11. The molecule has 0 aromatic heterocycles. The Morgan fingerprint density at radius 3 is 2.35 bits per heavy atom. The molecule has 5 heteroatoms. The van der Waals surface area contributed by atoms with Gasteiger partial charge in [0, 0.05) is 15.7 Å². The van der Waals surface area contributed by atoms with Gasteiger partial charge in [0.25, 0.3) is 5.91 Å². The van der Waals surface area contributed by atoms with Crippen LogP contribution in [0.3, 0.4) is 0 Å². The molecule has 3 nitrogen and oxygen atoms in total. The van der Waals surface area contributed by atoms with Gasteiger partial charge in [-0.05, 0) is 55.3 Å². The third kappa shape index (κ3) is 3.14. The van der Waals surface area contributed by atoms with Crippen LogP contribution in [-0.4, -0.2) is 5.91 Å². The van der Waals surface area contributed by atoms with E-state index in [9.17, 15) is 4.79 Å². The number of halogens is 2. The Balaban J connectivity index is 2.30. The fraction of sp³-hybridized carbons (Fsp3) is 0.133. The van der Waals surface area contributed by atoms with Crippen molar-refractivity contribution in [2.75, 3.05) is 11.1 Å². The van der Waals surface area contributed by atoms with Crippen LogP contribution in [0, 0.1) is 13.8 Å². The molecule has 1 amide bonds. The van der Waals surface area contributed by atoms with E-state index in [2.05, 4.69) is 21.2 Å². The molecule has 0 fully saturated rings. The number of rotatable bonds is 2. The van der Waals surface area contributed by atoms with Crippen LogP contribution in [0.4, 0.5) is 11.4 Å². The van der Waals surface area contributed by atoms with Crippen molar-refractivity contribution in [2.24, 2.45) is 0 Å². The number of benzene rings is 2. The Morgan fingerprint density at radius 2 is 1.80 bits per heavy atom. The molecule has 0 spiro atoms. The molecule has 3 N–H and O–H groups in total. The highest BCUT2D eigenvalue weighted by molar-refractivity contribution is 9.10. The predicted octanol–water partition coefficient (Wildman–Crippen LogP) is 4.55. The van der Waals surface area contributed by atoms with Crippen LogP contribution in [0.1, 0.15) is 21.5 Å². The Labute approximate surface area is 131 Å². The van der Waals surface area contributed by atoms with Gasteiger partial charge in [-0.15, -0.1) is 0 Å². The zero-order valence-corrected chi connectivity index (χ0v) is 13.5. The first kappa shape index (κ1) is 14.9. The van der Waals surface area contributed by atoms with Crippen molar-refractivity contribution in [1.82, 2.24) is 0 Å². The molecular weight excluding hydrogens is 340 g/mol. The smallest absolute Gasteiger partial charge is 0.255 e. The van der Waals surface area contributed by atoms with Crippen LogP contribution in [0.25, 0.3) is 0 Å². The molecule has 0 radical (unpaired) electrons. The van der Waals surface area contributed by atoms with Crippen LogP contribution in [0.15, 0.2) is 34.8 Å². The van der Waals surface area contributed by atoms with Gasteiger partial charge in [-0.1, -0.05) is 27.5 Å². The molecule has 0 aliphatic heterocycles. The van der Waals surface area contributed by atoms with Gasteiger partial charge in [0.1, 0.15) is 0 Å². The Bertz CT molecular complexity index is 663. The van der Waals surface area contributed by atoms with Crippen LogP contribution >= 0.6 is 27.5 Å². The summed E-state index contributed by atoms with van der Waals surface area (Å²) < 4.78 is 0.987. The molecule has 2 aromatic carbocycles. The molecule has 104 valence electrons. The monoisotopic (exact) mass is 352 g/mol. The van der Waals surface area contributed by atoms with E-state index in [1.165, 1.54) is 0 Å². The number of aryl methyl sites for hydroxylation is 2. The maximum Gasteiger partial charge on any atom is 0.255 e. The minimum Gasteiger partial charge on any atom is -0.398 e. The number of amides is 1. The zero-order chi connectivity index (χ0) is 14.9. The lowest BCUT2D eigenvalue weighted by Crippen LogP contribution is -2.14. The number of nitrogens with two attached hydrogens (primary N) is 1. The molecule has 2 aromatic rings. The highest BCUT2D eigenvalue weighted by atomic mass is 79.9. The van der Waals surface area contributed by atoms with Gasteiger partial charge in [-0.3, -0.25) is 4.79 Å². The molecule has 0 bridgehead atoms. The summed E-state index contributed by atoms with van der Waals surface area (Å²) in [6, 6.07) is 8.76. The summed E-state index contributed by atoms with van der Waals surface area (Å²) >= 11 is 9.36. The number of nitrogens with one attached hydrogen (secondary N) is 1. The lowest BCUT2D eigenvalue weighted by molar-refractivity contribution is 0.102. The summed E-state index contributed by atoms with van der Waals surface area (Å²) in [5.41, 5.74) is 9.37. The van der Waals surface area contributed by atoms with Crippen molar-refractivity contribution in [1.29, 1.82) is 0 Å². The first-order chi connectivity index (χ1) is 9.38. The summed E-state index contributed by atoms with van der Waals surface area (Å²) in [4.78, 5) is 12.2. The SMILES string of the molecule is Cc1cc(Br)cc(C)c1NC(=O)c1ccc(N)c(Cl)c1. The summed E-state index contributed by atoms with van der Waals surface area (Å²) in [5, 5.41) is 3.29. The number of carbonyl (C=O) groups excluding carboxylic acids is 1. The van der Waals surface area contributed by atoms with Crippen LogP contribution < -0.4 is 11.1 Å². The van der Waals surface area contributed by atoms with E-state index in [0.29, 0.717) is 16.3 Å². The quantitative estimate of drug-likeness (QED) is 0.778. The largest absolute Gasteiger partial charge is 0.398 e. The third-order valence-electron chi connectivity index (χ3n) is 3.00. The van der Waals surface area contributed by atoms with Crippen molar-refractivity contribution >= 4 is 44.8 Å².